The van der Waals surface area contributed by atoms with Crippen LogP contribution in [0.2, 0.25) is 0 Å². The number of nitrogens with one attached hydrogen (secondary N) is 1. The lowest BCUT2D eigenvalue weighted by Gasteiger charge is -2.31. The van der Waals surface area contributed by atoms with Crippen molar-refractivity contribution in [3.05, 3.63) is 65.4 Å². The fourth-order valence-corrected chi connectivity index (χ4v) is 4.12. The second-order valence-electron chi connectivity index (χ2n) is 8.53. The molecule has 0 spiro atoms. The molecule has 0 unspecified atom stereocenters. The van der Waals surface area contributed by atoms with Crippen molar-refractivity contribution in [2.24, 2.45) is 0 Å². The van der Waals surface area contributed by atoms with Crippen LogP contribution in [0, 0.1) is 6.92 Å². The first-order chi connectivity index (χ1) is 15.6. The molecule has 1 N–H and O–H groups in total. The van der Waals surface area contributed by atoms with Crippen LogP contribution in [0.4, 0.5) is 0 Å². The molecule has 2 aromatic carbocycles. The van der Waals surface area contributed by atoms with Gasteiger partial charge in [-0.2, -0.15) is 0 Å². The van der Waals surface area contributed by atoms with Crippen molar-refractivity contribution in [2.75, 3.05) is 33.4 Å². The van der Waals surface area contributed by atoms with Gasteiger partial charge in [0.2, 0.25) is 5.91 Å². The van der Waals surface area contributed by atoms with Crippen molar-refractivity contribution in [1.29, 1.82) is 0 Å². The SMILES string of the molecule is Cc1ccc2c(CC(=O)NCc3cccc(OCCN(C)C4CCOCC4)c3)coc2c1. The fourth-order valence-electron chi connectivity index (χ4n) is 4.12. The Balaban J connectivity index is 1.24. The van der Waals surface area contributed by atoms with Gasteiger partial charge >= 0.3 is 0 Å². The maximum Gasteiger partial charge on any atom is 0.224 e. The summed E-state index contributed by atoms with van der Waals surface area (Å²) in [5, 5.41) is 3.99. The zero-order valence-electron chi connectivity index (χ0n) is 18.9. The van der Waals surface area contributed by atoms with Gasteiger partial charge < -0.3 is 19.2 Å². The molecule has 1 aromatic heterocycles. The van der Waals surface area contributed by atoms with Crippen LogP contribution in [0.25, 0.3) is 11.0 Å². The van der Waals surface area contributed by atoms with Gasteiger partial charge in [0.1, 0.15) is 17.9 Å². The second-order valence-corrected chi connectivity index (χ2v) is 8.53. The van der Waals surface area contributed by atoms with Crippen LogP contribution in [-0.2, 0) is 22.5 Å². The molecule has 1 saturated heterocycles. The minimum atomic E-state index is -0.0299. The predicted molar refractivity (Wildman–Crippen MR) is 125 cm³/mol. The maximum absolute atomic E-state index is 12.5. The van der Waals surface area contributed by atoms with Crippen LogP contribution in [0.15, 0.2) is 53.1 Å². The number of fused-ring (bicyclic) bond motifs is 1. The Morgan fingerprint density at radius 2 is 2.03 bits per heavy atom. The summed E-state index contributed by atoms with van der Waals surface area (Å²) in [6.45, 7) is 5.70. The minimum Gasteiger partial charge on any atom is -0.492 e. The van der Waals surface area contributed by atoms with Crippen molar-refractivity contribution in [3.63, 3.8) is 0 Å². The second kappa shape index (κ2) is 10.7. The van der Waals surface area contributed by atoms with Crippen LogP contribution >= 0.6 is 0 Å². The molecule has 3 aromatic rings. The van der Waals surface area contributed by atoms with Gasteiger partial charge in [-0.25, -0.2) is 0 Å². The van der Waals surface area contributed by atoms with E-state index < -0.39 is 0 Å². The molecule has 0 bridgehead atoms. The number of aryl methyl sites for hydroxylation is 1. The lowest BCUT2D eigenvalue weighted by molar-refractivity contribution is -0.120. The number of ether oxygens (including phenoxy) is 2. The lowest BCUT2D eigenvalue weighted by atomic mass is 10.1. The summed E-state index contributed by atoms with van der Waals surface area (Å²) in [6, 6.07) is 14.5. The Morgan fingerprint density at radius 3 is 2.88 bits per heavy atom. The first kappa shape index (κ1) is 22.4. The van der Waals surface area contributed by atoms with E-state index in [9.17, 15) is 4.79 Å². The predicted octanol–water partition coefficient (Wildman–Crippen LogP) is 4.09. The molecule has 170 valence electrons. The third kappa shape index (κ3) is 5.90. The largest absolute Gasteiger partial charge is 0.492 e. The number of amides is 1. The number of hydrogen-bond acceptors (Lipinski definition) is 5. The molecule has 0 atom stereocenters. The molecule has 0 saturated carbocycles. The van der Waals surface area contributed by atoms with Gasteiger partial charge in [-0.3, -0.25) is 9.69 Å². The first-order valence-corrected chi connectivity index (χ1v) is 11.3. The summed E-state index contributed by atoms with van der Waals surface area (Å²) >= 11 is 0. The fraction of sp³-hybridized carbons (Fsp3) is 0.423. The molecule has 1 amide bonds. The van der Waals surface area contributed by atoms with E-state index in [-0.39, 0.29) is 5.91 Å². The molecule has 0 aliphatic carbocycles. The van der Waals surface area contributed by atoms with Crippen molar-refractivity contribution in [1.82, 2.24) is 10.2 Å². The van der Waals surface area contributed by atoms with Crippen molar-refractivity contribution >= 4 is 16.9 Å². The average molecular weight is 437 g/mol. The summed E-state index contributed by atoms with van der Waals surface area (Å²) in [6.07, 6.45) is 4.14. The van der Waals surface area contributed by atoms with E-state index in [1.807, 2.05) is 49.4 Å². The topological polar surface area (TPSA) is 63.9 Å². The molecule has 1 aliphatic heterocycles. The van der Waals surface area contributed by atoms with Gasteiger partial charge in [0.05, 0.1) is 12.7 Å². The molecule has 4 rings (SSSR count). The highest BCUT2D eigenvalue weighted by molar-refractivity contribution is 5.87. The molecule has 1 aliphatic rings. The standard InChI is InChI=1S/C26H32N2O4/c1-19-6-7-24-21(18-32-25(24)14-19)16-26(29)27-17-20-4-3-5-23(15-20)31-13-10-28(2)22-8-11-30-12-9-22/h3-7,14-15,18,22H,8-13,16-17H2,1-2H3,(H,27,29). The quantitative estimate of drug-likeness (QED) is 0.547. The van der Waals surface area contributed by atoms with E-state index in [1.54, 1.807) is 6.26 Å². The van der Waals surface area contributed by atoms with Crippen LogP contribution in [-0.4, -0.2) is 50.3 Å². The van der Waals surface area contributed by atoms with E-state index in [0.29, 0.717) is 25.6 Å². The number of nitrogens with zero attached hydrogens (tertiary/aromatic N) is 1. The van der Waals surface area contributed by atoms with E-state index in [1.165, 1.54) is 0 Å². The highest BCUT2D eigenvalue weighted by Crippen LogP contribution is 2.23. The van der Waals surface area contributed by atoms with E-state index in [4.69, 9.17) is 13.9 Å². The molecule has 32 heavy (non-hydrogen) atoms. The van der Waals surface area contributed by atoms with Crippen molar-refractivity contribution < 1.29 is 18.7 Å². The van der Waals surface area contributed by atoms with Gasteiger partial charge in [-0.05, 0) is 56.1 Å². The van der Waals surface area contributed by atoms with Gasteiger partial charge in [-0.15, -0.1) is 0 Å². The lowest BCUT2D eigenvalue weighted by Crippen LogP contribution is -2.38. The minimum absolute atomic E-state index is 0.0299. The third-order valence-corrected chi connectivity index (χ3v) is 6.08. The maximum atomic E-state index is 12.5. The number of likely N-dealkylation sites (N-methyl/N-ethyl adjacent to an activating group) is 1. The number of carbonyl (C=O) groups is 1. The van der Waals surface area contributed by atoms with E-state index in [0.717, 1.165) is 66.0 Å². The summed E-state index contributed by atoms with van der Waals surface area (Å²) in [5.74, 6) is 0.797. The average Bonchev–Trinajstić information content (AvgIpc) is 3.20. The molecule has 6 nitrogen and oxygen atoms in total. The van der Waals surface area contributed by atoms with E-state index >= 15 is 0 Å². The van der Waals surface area contributed by atoms with Gasteiger partial charge in [0.25, 0.3) is 0 Å². The Labute approximate surface area is 189 Å². The molecule has 6 heteroatoms. The van der Waals surface area contributed by atoms with Crippen molar-refractivity contribution in [3.8, 4) is 5.75 Å². The Morgan fingerprint density at radius 1 is 1.19 bits per heavy atom. The number of carbonyl (C=O) groups excluding carboxylic acids is 1. The van der Waals surface area contributed by atoms with Crippen LogP contribution < -0.4 is 10.1 Å². The number of hydrogen-bond donors (Lipinski definition) is 1. The number of rotatable bonds is 9. The third-order valence-electron chi connectivity index (χ3n) is 6.08. The summed E-state index contributed by atoms with van der Waals surface area (Å²) in [5.41, 5.74) is 3.88. The van der Waals surface area contributed by atoms with Crippen LogP contribution in [0.3, 0.4) is 0 Å². The number of benzene rings is 2. The highest BCUT2D eigenvalue weighted by atomic mass is 16.5. The Bertz CT molecular complexity index is 1040. The summed E-state index contributed by atoms with van der Waals surface area (Å²) in [7, 11) is 2.15. The van der Waals surface area contributed by atoms with Crippen LogP contribution in [0.1, 0.15) is 29.5 Å². The zero-order valence-corrected chi connectivity index (χ0v) is 18.9. The summed E-state index contributed by atoms with van der Waals surface area (Å²) < 4.78 is 17.0. The van der Waals surface area contributed by atoms with Gasteiger partial charge in [0.15, 0.2) is 0 Å². The van der Waals surface area contributed by atoms with Crippen molar-refractivity contribution in [2.45, 2.75) is 38.8 Å². The normalized spacial score (nSPS) is 14.7. The molecular weight excluding hydrogens is 404 g/mol. The van der Waals surface area contributed by atoms with E-state index in [2.05, 4.69) is 17.3 Å². The zero-order chi connectivity index (χ0) is 22.3. The molecule has 1 fully saturated rings. The van der Waals surface area contributed by atoms with Crippen LogP contribution in [0.5, 0.6) is 5.75 Å². The first-order valence-electron chi connectivity index (χ1n) is 11.3. The monoisotopic (exact) mass is 436 g/mol. The number of furan rings is 1. The molecule has 2 heterocycles. The Kier molecular flexibility index (Phi) is 7.45. The van der Waals surface area contributed by atoms with Gasteiger partial charge in [-0.1, -0.05) is 24.3 Å². The smallest absolute Gasteiger partial charge is 0.224 e. The van der Waals surface area contributed by atoms with Gasteiger partial charge in [0, 0.05) is 43.3 Å². The Hall–Kier alpha value is -2.83. The highest BCUT2D eigenvalue weighted by Gasteiger charge is 2.18. The molecular formula is C26H32N2O4. The summed E-state index contributed by atoms with van der Waals surface area (Å²) in [4.78, 5) is 14.8. The molecule has 0 radical (unpaired) electrons.